The fourth-order valence-electron chi connectivity index (χ4n) is 4.86. The minimum absolute atomic E-state index is 0.155. The van der Waals surface area contributed by atoms with Crippen LogP contribution in [0.2, 0.25) is 0 Å². The molecule has 0 heterocycles. The van der Waals surface area contributed by atoms with Gasteiger partial charge in [0.05, 0.1) is 11.2 Å². The fourth-order valence-corrected chi connectivity index (χ4v) is 4.86. The average Bonchev–Trinajstić information content (AvgIpc) is 2.97. The number of nitrogens with one attached hydrogen (secondary N) is 2. The number of rotatable bonds is 13. The highest BCUT2D eigenvalue weighted by Gasteiger charge is 2.30. The molecule has 43 heavy (non-hydrogen) atoms. The molecule has 0 aliphatic rings. The number of carbonyl (C=O) groups is 3. The zero-order valence-electron chi connectivity index (χ0n) is 26.1. The van der Waals surface area contributed by atoms with Gasteiger partial charge < -0.3 is 15.8 Å². The Morgan fingerprint density at radius 2 is 1.51 bits per heavy atom. The molecule has 0 radical (unpaired) electrons. The highest BCUT2D eigenvalue weighted by Crippen LogP contribution is 2.35. The number of hydrogen-bond acceptors (Lipinski definition) is 5. The third-order valence-corrected chi connectivity index (χ3v) is 7.29. The predicted octanol–water partition coefficient (Wildman–Crippen LogP) is 6.89. The van der Waals surface area contributed by atoms with Crippen molar-refractivity contribution in [1.82, 2.24) is 10.8 Å². The lowest BCUT2D eigenvalue weighted by Crippen LogP contribution is -2.44. The van der Waals surface area contributed by atoms with Crippen LogP contribution in [0.25, 0.3) is 11.1 Å². The fraction of sp³-hybridized carbons (Fsp3) is 0.400. The van der Waals surface area contributed by atoms with Crippen LogP contribution in [0.3, 0.4) is 0 Å². The average molecular weight is 588 g/mol. The highest BCUT2D eigenvalue weighted by atomic mass is 16.7. The van der Waals surface area contributed by atoms with Gasteiger partial charge in [-0.3, -0.25) is 9.63 Å². The summed E-state index contributed by atoms with van der Waals surface area (Å²) in [4.78, 5) is 43.3. The molecule has 3 amide bonds. The Labute approximate surface area is 255 Å². The van der Waals surface area contributed by atoms with Crippen molar-refractivity contribution in [2.75, 3.05) is 0 Å². The van der Waals surface area contributed by atoms with E-state index in [9.17, 15) is 14.4 Å². The predicted molar refractivity (Wildman–Crippen MR) is 169 cm³/mol. The molecule has 0 spiro atoms. The van der Waals surface area contributed by atoms with Gasteiger partial charge in [-0.2, -0.15) is 0 Å². The quantitative estimate of drug-likeness (QED) is 0.149. The summed E-state index contributed by atoms with van der Waals surface area (Å²) < 4.78 is 5.74. The van der Waals surface area contributed by atoms with E-state index in [2.05, 4.69) is 24.6 Å². The van der Waals surface area contributed by atoms with Gasteiger partial charge in [0.25, 0.3) is 0 Å². The lowest BCUT2D eigenvalue weighted by Gasteiger charge is -2.33. The van der Waals surface area contributed by atoms with Crippen molar-refractivity contribution in [2.45, 2.75) is 85.0 Å². The summed E-state index contributed by atoms with van der Waals surface area (Å²) in [5.74, 6) is -0.832. The molecule has 1 unspecified atom stereocenters. The van der Waals surface area contributed by atoms with Crippen molar-refractivity contribution in [1.29, 1.82) is 0 Å². The first kappa shape index (κ1) is 33.3. The molecule has 0 fully saturated rings. The Bertz CT molecular complexity index is 1370. The number of primary amides is 1. The second-order valence-corrected chi connectivity index (χ2v) is 12.7. The standard InChI is InChI=1S/C35H45N3O5/c1-24(30(37-33(36)41)22-35(5,6)20-19-31(39)38-43-34(2,3)4)27-17-18-28(26-15-11-8-12-16-26)29(21-27)32(40)42-23-25-13-9-7-10-14-25/h7-18,21,24,30H,19-20,22-23H2,1-6H3,(H,38,39)(H3,36,37,41)/t24-,30?/m0/s1. The van der Waals surface area contributed by atoms with Crippen molar-refractivity contribution in [3.63, 3.8) is 0 Å². The molecule has 3 aromatic rings. The summed E-state index contributed by atoms with van der Waals surface area (Å²) in [6, 6.07) is 24.0. The van der Waals surface area contributed by atoms with Crippen molar-refractivity contribution >= 4 is 17.9 Å². The zero-order valence-corrected chi connectivity index (χ0v) is 26.1. The molecule has 0 bridgehead atoms. The molecule has 8 heteroatoms. The van der Waals surface area contributed by atoms with E-state index >= 15 is 0 Å². The van der Waals surface area contributed by atoms with Gasteiger partial charge in [0.1, 0.15) is 6.61 Å². The first-order chi connectivity index (χ1) is 20.2. The van der Waals surface area contributed by atoms with Gasteiger partial charge in [0.2, 0.25) is 5.91 Å². The molecule has 3 rings (SSSR count). The molecule has 0 aliphatic carbocycles. The first-order valence-corrected chi connectivity index (χ1v) is 14.7. The SMILES string of the molecule is C[C@@H](c1ccc(-c2ccccc2)c(C(=O)OCc2ccccc2)c1)C(CC(C)(C)CCC(=O)NOC(C)(C)C)NC(N)=O. The van der Waals surface area contributed by atoms with E-state index in [4.69, 9.17) is 15.3 Å². The van der Waals surface area contributed by atoms with Crippen LogP contribution in [0.1, 0.15) is 88.2 Å². The van der Waals surface area contributed by atoms with Gasteiger partial charge in [-0.1, -0.05) is 93.6 Å². The monoisotopic (exact) mass is 587 g/mol. The molecule has 0 saturated carbocycles. The second kappa shape index (κ2) is 14.8. The van der Waals surface area contributed by atoms with Crippen LogP contribution < -0.4 is 16.5 Å². The maximum absolute atomic E-state index is 13.5. The number of nitrogens with two attached hydrogens (primary N) is 1. The van der Waals surface area contributed by atoms with Gasteiger partial charge in [-0.05, 0) is 67.3 Å². The maximum Gasteiger partial charge on any atom is 0.339 e. The van der Waals surface area contributed by atoms with Gasteiger partial charge in [-0.25, -0.2) is 15.1 Å². The molecule has 230 valence electrons. The summed E-state index contributed by atoms with van der Waals surface area (Å²) in [6.45, 7) is 11.8. The van der Waals surface area contributed by atoms with Crippen LogP contribution in [0.4, 0.5) is 4.79 Å². The van der Waals surface area contributed by atoms with Gasteiger partial charge in [-0.15, -0.1) is 0 Å². The Morgan fingerprint density at radius 3 is 2.12 bits per heavy atom. The minimum Gasteiger partial charge on any atom is -0.457 e. The van der Waals surface area contributed by atoms with E-state index in [1.54, 1.807) is 0 Å². The van der Waals surface area contributed by atoms with Crippen molar-refractivity contribution in [3.05, 3.63) is 95.6 Å². The summed E-state index contributed by atoms with van der Waals surface area (Å²) in [5, 5.41) is 2.91. The number of hydroxylamine groups is 1. The molecule has 2 atom stereocenters. The maximum atomic E-state index is 13.5. The lowest BCUT2D eigenvalue weighted by atomic mass is 9.76. The number of benzene rings is 3. The number of hydrogen-bond donors (Lipinski definition) is 3. The third kappa shape index (κ3) is 10.9. The smallest absolute Gasteiger partial charge is 0.339 e. The normalized spacial score (nSPS) is 13.1. The molecular weight excluding hydrogens is 542 g/mol. The van der Waals surface area contributed by atoms with Crippen molar-refractivity contribution in [3.8, 4) is 11.1 Å². The lowest BCUT2D eigenvalue weighted by molar-refractivity contribution is -0.146. The Hall–Kier alpha value is -4.17. The van der Waals surface area contributed by atoms with E-state index in [0.717, 1.165) is 22.3 Å². The highest BCUT2D eigenvalue weighted by molar-refractivity contribution is 5.97. The van der Waals surface area contributed by atoms with Crippen LogP contribution in [0.15, 0.2) is 78.9 Å². The van der Waals surface area contributed by atoms with E-state index in [-0.39, 0.29) is 36.3 Å². The molecule has 0 saturated heterocycles. The van der Waals surface area contributed by atoms with Gasteiger partial charge >= 0.3 is 12.0 Å². The minimum atomic E-state index is -0.632. The van der Waals surface area contributed by atoms with E-state index in [0.29, 0.717) is 18.4 Å². The zero-order chi connectivity index (χ0) is 31.6. The van der Waals surface area contributed by atoms with Crippen molar-refractivity contribution < 1.29 is 24.0 Å². The number of amides is 3. The van der Waals surface area contributed by atoms with Gasteiger partial charge in [0.15, 0.2) is 0 Å². The second-order valence-electron chi connectivity index (χ2n) is 12.7. The van der Waals surface area contributed by atoms with Gasteiger partial charge in [0, 0.05) is 18.4 Å². The van der Waals surface area contributed by atoms with E-state index < -0.39 is 17.6 Å². The van der Waals surface area contributed by atoms with Crippen molar-refractivity contribution in [2.24, 2.45) is 11.1 Å². The topological polar surface area (TPSA) is 120 Å². The number of urea groups is 1. The molecule has 4 N–H and O–H groups in total. The Kier molecular flexibility index (Phi) is 11.5. The van der Waals surface area contributed by atoms with E-state index in [1.807, 2.05) is 107 Å². The molecule has 0 aromatic heterocycles. The van der Waals surface area contributed by atoms with Crippen LogP contribution >= 0.6 is 0 Å². The number of esters is 1. The first-order valence-electron chi connectivity index (χ1n) is 14.7. The van der Waals surface area contributed by atoms with Crippen LogP contribution in [0, 0.1) is 5.41 Å². The molecule has 0 aliphatic heterocycles. The summed E-state index contributed by atoms with van der Waals surface area (Å²) >= 11 is 0. The summed E-state index contributed by atoms with van der Waals surface area (Å²) in [6.07, 6.45) is 1.39. The number of ether oxygens (including phenoxy) is 1. The number of carbonyl (C=O) groups excluding carboxylic acids is 3. The van der Waals surface area contributed by atoms with E-state index in [1.165, 1.54) is 0 Å². The summed E-state index contributed by atoms with van der Waals surface area (Å²) in [7, 11) is 0. The largest absolute Gasteiger partial charge is 0.457 e. The van der Waals surface area contributed by atoms with Crippen LogP contribution in [0.5, 0.6) is 0 Å². The Morgan fingerprint density at radius 1 is 0.884 bits per heavy atom. The molecule has 8 nitrogen and oxygen atoms in total. The molecular formula is C35H45N3O5. The third-order valence-electron chi connectivity index (χ3n) is 7.29. The summed E-state index contributed by atoms with van der Waals surface area (Å²) in [5.41, 5.74) is 11.2. The Balaban J connectivity index is 1.83. The van der Waals surface area contributed by atoms with Crippen LogP contribution in [-0.4, -0.2) is 29.6 Å². The van der Waals surface area contributed by atoms with Crippen LogP contribution in [-0.2, 0) is 21.0 Å². The molecule has 3 aromatic carbocycles.